The van der Waals surface area contributed by atoms with Crippen LogP contribution in [-0.4, -0.2) is 48.7 Å². The first-order chi connectivity index (χ1) is 9.16. The number of benzene rings is 1. The van der Waals surface area contributed by atoms with Crippen molar-refractivity contribution in [3.05, 3.63) is 35.9 Å². The second kappa shape index (κ2) is 4.94. The van der Waals surface area contributed by atoms with E-state index >= 15 is 0 Å². The van der Waals surface area contributed by atoms with Crippen LogP contribution in [0.15, 0.2) is 30.3 Å². The second-order valence-corrected chi connectivity index (χ2v) is 5.56. The standard InChI is InChI=1S/C15H20N2O2/c1-16-13(8-11-6-4-3-5-7-11)15-12(9-14(16)18)10-19-17(15)2/h3-7,12-13,15H,8-10H2,1-2H3/t12-,13-,15+/m0/s1. The maximum atomic E-state index is 12.1. The lowest BCUT2D eigenvalue weighted by Gasteiger charge is -2.41. The van der Waals surface area contributed by atoms with E-state index in [0.717, 1.165) is 6.42 Å². The predicted octanol–water partition coefficient (Wildman–Crippen LogP) is 1.32. The number of carbonyl (C=O) groups is 1. The summed E-state index contributed by atoms with van der Waals surface area (Å²) in [6.45, 7) is 0.673. The van der Waals surface area contributed by atoms with E-state index in [1.54, 1.807) is 0 Å². The molecule has 4 heteroatoms. The van der Waals surface area contributed by atoms with Crippen LogP contribution in [0.25, 0.3) is 0 Å². The third-order valence-electron chi connectivity index (χ3n) is 4.40. The zero-order chi connectivity index (χ0) is 13.4. The number of rotatable bonds is 2. The molecule has 2 fully saturated rings. The predicted molar refractivity (Wildman–Crippen MR) is 72.3 cm³/mol. The van der Waals surface area contributed by atoms with Crippen molar-refractivity contribution in [1.82, 2.24) is 9.96 Å². The Morgan fingerprint density at radius 2 is 2.00 bits per heavy atom. The Labute approximate surface area is 113 Å². The monoisotopic (exact) mass is 260 g/mol. The van der Waals surface area contributed by atoms with Crippen molar-refractivity contribution in [1.29, 1.82) is 0 Å². The molecule has 19 heavy (non-hydrogen) atoms. The van der Waals surface area contributed by atoms with Crippen molar-refractivity contribution in [3.63, 3.8) is 0 Å². The molecule has 1 amide bonds. The Kier molecular flexibility index (Phi) is 3.29. The van der Waals surface area contributed by atoms with Crippen molar-refractivity contribution in [2.45, 2.75) is 24.9 Å². The zero-order valence-corrected chi connectivity index (χ0v) is 11.5. The minimum Gasteiger partial charge on any atom is -0.341 e. The highest BCUT2D eigenvalue weighted by molar-refractivity contribution is 5.78. The van der Waals surface area contributed by atoms with E-state index in [-0.39, 0.29) is 11.9 Å². The van der Waals surface area contributed by atoms with E-state index in [4.69, 9.17) is 4.84 Å². The summed E-state index contributed by atoms with van der Waals surface area (Å²) in [5.41, 5.74) is 1.27. The van der Waals surface area contributed by atoms with E-state index in [9.17, 15) is 4.79 Å². The molecule has 2 aliphatic heterocycles. The van der Waals surface area contributed by atoms with Crippen molar-refractivity contribution < 1.29 is 9.63 Å². The molecule has 4 nitrogen and oxygen atoms in total. The highest BCUT2D eigenvalue weighted by Crippen LogP contribution is 2.33. The third kappa shape index (κ3) is 2.26. The fourth-order valence-electron chi connectivity index (χ4n) is 3.33. The number of likely N-dealkylation sites (N-methyl/N-ethyl adjacent to an activating group) is 2. The smallest absolute Gasteiger partial charge is 0.223 e. The van der Waals surface area contributed by atoms with Gasteiger partial charge in [-0.3, -0.25) is 9.63 Å². The minimum atomic E-state index is 0.196. The Balaban J connectivity index is 1.85. The molecule has 2 saturated heterocycles. The summed E-state index contributed by atoms with van der Waals surface area (Å²) in [7, 11) is 3.89. The zero-order valence-electron chi connectivity index (χ0n) is 11.5. The van der Waals surface area contributed by atoms with Crippen LogP contribution in [0.5, 0.6) is 0 Å². The molecular formula is C15H20N2O2. The number of hydrogen-bond donors (Lipinski definition) is 0. The van der Waals surface area contributed by atoms with Crippen molar-refractivity contribution in [3.8, 4) is 0 Å². The Morgan fingerprint density at radius 3 is 2.74 bits per heavy atom. The van der Waals surface area contributed by atoms with Crippen LogP contribution in [0.4, 0.5) is 0 Å². The van der Waals surface area contributed by atoms with E-state index in [0.29, 0.717) is 25.0 Å². The number of likely N-dealkylation sites (tertiary alicyclic amines) is 1. The molecule has 0 N–H and O–H groups in total. The van der Waals surface area contributed by atoms with Crippen LogP contribution >= 0.6 is 0 Å². The van der Waals surface area contributed by atoms with Crippen LogP contribution in [0.1, 0.15) is 12.0 Å². The van der Waals surface area contributed by atoms with Gasteiger partial charge in [-0.2, -0.15) is 5.06 Å². The number of amides is 1. The van der Waals surface area contributed by atoms with Gasteiger partial charge in [-0.25, -0.2) is 0 Å². The molecule has 2 heterocycles. The van der Waals surface area contributed by atoms with Gasteiger partial charge in [0, 0.05) is 26.4 Å². The fraction of sp³-hybridized carbons (Fsp3) is 0.533. The van der Waals surface area contributed by atoms with Gasteiger partial charge in [0.25, 0.3) is 0 Å². The van der Waals surface area contributed by atoms with Crippen molar-refractivity contribution >= 4 is 5.91 Å². The summed E-state index contributed by atoms with van der Waals surface area (Å²) in [4.78, 5) is 19.6. The quantitative estimate of drug-likeness (QED) is 0.804. The lowest BCUT2D eigenvalue weighted by atomic mass is 9.83. The van der Waals surface area contributed by atoms with Gasteiger partial charge in [-0.1, -0.05) is 30.3 Å². The summed E-state index contributed by atoms with van der Waals surface area (Å²) in [5, 5.41) is 1.95. The molecule has 0 radical (unpaired) electrons. The number of piperidine rings is 1. The van der Waals surface area contributed by atoms with E-state index < -0.39 is 0 Å². The van der Waals surface area contributed by atoms with Crippen LogP contribution in [0.3, 0.4) is 0 Å². The van der Waals surface area contributed by atoms with E-state index in [2.05, 4.69) is 12.1 Å². The Morgan fingerprint density at radius 1 is 1.26 bits per heavy atom. The molecule has 0 aliphatic carbocycles. The van der Waals surface area contributed by atoms with Gasteiger partial charge in [0.05, 0.1) is 18.7 Å². The minimum absolute atomic E-state index is 0.196. The molecule has 1 aromatic carbocycles. The molecule has 3 atom stereocenters. The highest BCUT2D eigenvalue weighted by Gasteiger charge is 2.46. The average molecular weight is 260 g/mol. The Hall–Kier alpha value is -1.39. The van der Waals surface area contributed by atoms with E-state index in [1.807, 2.05) is 42.3 Å². The van der Waals surface area contributed by atoms with Crippen LogP contribution in [-0.2, 0) is 16.1 Å². The summed E-state index contributed by atoms with van der Waals surface area (Å²) in [5.74, 6) is 0.573. The number of fused-ring (bicyclic) bond motifs is 1. The summed E-state index contributed by atoms with van der Waals surface area (Å²) < 4.78 is 0. The average Bonchev–Trinajstić information content (AvgIpc) is 2.77. The summed E-state index contributed by atoms with van der Waals surface area (Å²) in [6, 6.07) is 10.9. The van der Waals surface area contributed by atoms with E-state index in [1.165, 1.54) is 5.56 Å². The molecule has 0 unspecified atom stereocenters. The number of carbonyl (C=O) groups excluding carboxylic acids is 1. The van der Waals surface area contributed by atoms with Gasteiger partial charge in [0.2, 0.25) is 5.91 Å². The number of hydrogen-bond acceptors (Lipinski definition) is 3. The van der Waals surface area contributed by atoms with Crippen LogP contribution in [0, 0.1) is 5.92 Å². The first kappa shape index (κ1) is 12.6. The molecule has 0 spiro atoms. The molecule has 0 aromatic heterocycles. The van der Waals surface area contributed by atoms with Gasteiger partial charge in [0.15, 0.2) is 0 Å². The van der Waals surface area contributed by atoms with Gasteiger partial charge in [0.1, 0.15) is 0 Å². The molecule has 0 bridgehead atoms. The molecule has 3 rings (SSSR count). The normalized spacial score (nSPS) is 31.6. The van der Waals surface area contributed by atoms with Gasteiger partial charge < -0.3 is 4.90 Å². The fourth-order valence-corrected chi connectivity index (χ4v) is 3.33. The lowest BCUT2D eigenvalue weighted by molar-refractivity contribution is -0.146. The second-order valence-electron chi connectivity index (χ2n) is 5.56. The maximum absolute atomic E-state index is 12.1. The molecule has 2 aliphatic rings. The van der Waals surface area contributed by atoms with Gasteiger partial charge >= 0.3 is 0 Å². The molecule has 0 saturated carbocycles. The van der Waals surface area contributed by atoms with Gasteiger partial charge in [-0.15, -0.1) is 0 Å². The lowest BCUT2D eigenvalue weighted by Crippen LogP contribution is -2.56. The van der Waals surface area contributed by atoms with Crippen LogP contribution in [0.2, 0.25) is 0 Å². The molecule has 1 aromatic rings. The number of nitrogens with zero attached hydrogens (tertiary/aromatic N) is 2. The van der Waals surface area contributed by atoms with Gasteiger partial charge in [-0.05, 0) is 12.0 Å². The SMILES string of the molecule is CN1OC[C@@H]2CC(=O)N(C)[C@@H](Cc3ccccc3)[C@@H]21. The Bertz CT molecular complexity index is 462. The van der Waals surface area contributed by atoms with Crippen molar-refractivity contribution in [2.24, 2.45) is 5.92 Å². The summed E-state index contributed by atoms with van der Waals surface area (Å²) in [6.07, 6.45) is 1.49. The first-order valence-electron chi connectivity index (χ1n) is 6.82. The van der Waals surface area contributed by atoms with Crippen LogP contribution < -0.4 is 0 Å². The largest absolute Gasteiger partial charge is 0.341 e. The maximum Gasteiger partial charge on any atom is 0.223 e. The summed E-state index contributed by atoms with van der Waals surface area (Å²) >= 11 is 0. The molecular weight excluding hydrogens is 240 g/mol. The van der Waals surface area contributed by atoms with Crippen molar-refractivity contribution in [2.75, 3.05) is 20.7 Å². The number of hydroxylamine groups is 2. The highest BCUT2D eigenvalue weighted by atomic mass is 16.7. The molecule has 102 valence electrons. The topological polar surface area (TPSA) is 32.8 Å². The third-order valence-corrected chi connectivity index (χ3v) is 4.40. The first-order valence-corrected chi connectivity index (χ1v) is 6.82.